The smallest absolute Gasteiger partial charge is 0.261 e. The van der Waals surface area contributed by atoms with Crippen molar-refractivity contribution in [2.45, 2.75) is 65.6 Å². The Morgan fingerprint density at radius 1 is 1.05 bits per heavy atom. The number of aryl methyl sites for hydroxylation is 1. The minimum Gasteiger partial charge on any atom is -0.481 e. The molecule has 5 nitrogen and oxygen atoms in total. The lowest BCUT2D eigenvalue weighted by Gasteiger charge is -2.38. The van der Waals surface area contributed by atoms with Crippen molar-refractivity contribution >= 4 is 11.8 Å². The molecule has 0 aliphatic carbocycles. The fraction of sp³-hybridized carbons (Fsp3) is 0.375. The molecule has 1 heterocycles. The van der Waals surface area contributed by atoms with E-state index in [1.807, 2.05) is 24.0 Å². The summed E-state index contributed by atoms with van der Waals surface area (Å²) in [5, 5.41) is 2.89. The second-order valence-electron chi connectivity index (χ2n) is 10.5. The molecule has 2 atom stereocenters. The number of hydrogen-bond donors (Lipinski definition) is 1. The van der Waals surface area contributed by atoms with Gasteiger partial charge in [-0.25, -0.2) is 4.39 Å². The zero-order valence-electron chi connectivity index (χ0n) is 22.7. The molecule has 200 valence electrons. The molecule has 1 aliphatic rings. The van der Waals surface area contributed by atoms with Crippen LogP contribution in [0.4, 0.5) is 4.39 Å². The minimum atomic E-state index is -0.673. The van der Waals surface area contributed by atoms with Crippen LogP contribution in [0.2, 0.25) is 0 Å². The molecule has 0 unspecified atom stereocenters. The molecule has 0 saturated heterocycles. The number of rotatable bonds is 9. The van der Waals surface area contributed by atoms with Gasteiger partial charge in [-0.1, -0.05) is 68.8 Å². The van der Waals surface area contributed by atoms with Crippen LogP contribution < -0.4 is 10.1 Å². The quantitative estimate of drug-likeness (QED) is 0.372. The first kappa shape index (κ1) is 27.4. The first-order chi connectivity index (χ1) is 18.2. The standard InChI is InChI=1S/C32H37FN2O3/c1-5-29(32(37)34-20-23-8-13-26(33)14-9-23)38-27-15-12-24-16-17-35(30(36)18-21(2)3)31(28(24)19-27)25-10-6-22(4)7-11-25/h6-15,19,21,29,31H,5,16-18,20H2,1-4H3,(H,34,37)/t29-,31+/m1/s1. The molecule has 0 fully saturated rings. The highest BCUT2D eigenvalue weighted by molar-refractivity contribution is 5.81. The molecule has 1 aliphatic heterocycles. The average Bonchev–Trinajstić information content (AvgIpc) is 2.90. The van der Waals surface area contributed by atoms with E-state index in [9.17, 15) is 14.0 Å². The number of carbonyl (C=O) groups is 2. The fourth-order valence-corrected chi connectivity index (χ4v) is 4.90. The highest BCUT2D eigenvalue weighted by Crippen LogP contribution is 2.38. The minimum absolute atomic E-state index is 0.147. The van der Waals surface area contributed by atoms with E-state index in [4.69, 9.17) is 4.74 Å². The third-order valence-corrected chi connectivity index (χ3v) is 6.96. The van der Waals surface area contributed by atoms with Crippen LogP contribution in [0.15, 0.2) is 66.7 Å². The van der Waals surface area contributed by atoms with Gasteiger partial charge in [0.25, 0.3) is 5.91 Å². The van der Waals surface area contributed by atoms with Crippen molar-refractivity contribution in [3.63, 3.8) is 0 Å². The summed E-state index contributed by atoms with van der Waals surface area (Å²) >= 11 is 0. The van der Waals surface area contributed by atoms with E-state index in [-0.39, 0.29) is 29.6 Å². The molecule has 0 spiro atoms. The maximum absolute atomic E-state index is 13.3. The Balaban J connectivity index is 1.57. The van der Waals surface area contributed by atoms with Gasteiger partial charge in [-0.3, -0.25) is 9.59 Å². The molecular formula is C32H37FN2O3. The van der Waals surface area contributed by atoms with Gasteiger partial charge in [0.1, 0.15) is 11.6 Å². The first-order valence-electron chi connectivity index (χ1n) is 13.4. The number of carbonyl (C=O) groups excluding carboxylic acids is 2. The van der Waals surface area contributed by atoms with Crippen molar-refractivity contribution in [1.82, 2.24) is 10.2 Å². The van der Waals surface area contributed by atoms with Gasteiger partial charge in [0.05, 0.1) is 6.04 Å². The Bertz CT molecular complexity index is 1250. The number of nitrogens with zero attached hydrogens (tertiary/aromatic N) is 1. The summed E-state index contributed by atoms with van der Waals surface area (Å²) in [6.07, 6.45) is 1.10. The van der Waals surface area contributed by atoms with E-state index in [2.05, 4.69) is 56.4 Å². The number of ether oxygens (including phenoxy) is 1. The summed E-state index contributed by atoms with van der Waals surface area (Å²) in [6.45, 7) is 9.05. The lowest BCUT2D eigenvalue weighted by atomic mass is 9.87. The van der Waals surface area contributed by atoms with Crippen molar-refractivity contribution in [3.05, 3.63) is 100 Å². The van der Waals surface area contributed by atoms with Crippen LogP contribution in [-0.2, 0) is 22.6 Å². The molecule has 0 saturated carbocycles. The molecule has 0 radical (unpaired) electrons. The van der Waals surface area contributed by atoms with Crippen molar-refractivity contribution in [1.29, 1.82) is 0 Å². The normalized spacial score (nSPS) is 15.6. The van der Waals surface area contributed by atoms with Gasteiger partial charge >= 0.3 is 0 Å². The lowest BCUT2D eigenvalue weighted by Crippen LogP contribution is -2.41. The molecule has 3 aromatic rings. The van der Waals surface area contributed by atoms with Gasteiger partial charge in [0, 0.05) is 19.5 Å². The van der Waals surface area contributed by atoms with Crippen molar-refractivity contribution in [3.8, 4) is 5.75 Å². The maximum atomic E-state index is 13.3. The Morgan fingerprint density at radius 2 is 1.76 bits per heavy atom. The molecule has 38 heavy (non-hydrogen) atoms. The van der Waals surface area contributed by atoms with E-state index >= 15 is 0 Å². The van der Waals surface area contributed by atoms with Crippen molar-refractivity contribution in [2.75, 3.05) is 6.54 Å². The Labute approximate surface area is 225 Å². The summed E-state index contributed by atoms with van der Waals surface area (Å²) in [4.78, 5) is 28.2. The largest absolute Gasteiger partial charge is 0.481 e. The fourth-order valence-electron chi connectivity index (χ4n) is 4.90. The van der Waals surface area contributed by atoms with E-state index in [0.29, 0.717) is 31.7 Å². The van der Waals surface area contributed by atoms with Gasteiger partial charge in [-0.2, -0.15) is 0 Å². The molecule has 0 aromatic heterocycles. The van der Waals surface area contributed by atoms with E-state index in [1.54, 1.807) is 12.1 Å². The van der Waals surface area contributed by atoms with Gasteiger partial charge in [-0.15, -0.1) is 0 Å². The summed E-state index contributed by atoms with van der Waals surface area (Å²) < 4.78 is 19.4. The van der Waals surface area contributed by atoms with Crippen LogP contribution in [0, 0.1) is 18.7 Å². The Morgan fingerprint density at radius 3 is 2.42 bits per heavy atom. The number of halogens is 1. The highest BCUT2D eigenvalue weighted by atomic mass is 19.1. The molecule has 3 aromatic carbocycles. The van der Waals surface area contributed by atoms with Crippen molar-refractivity contribution < 1.29 is 18.7 Å². The highest BCUT2D eigenvalue weighted by Gasteiger charge is 2.33. The van der Waals surface area contributed by atoms with Gasteiger partial charge < -0.3 is 15.0 Å². The average molecular weight is 517 g/mol. The predicted octanol–water partition coefficient (Wildman–Crippen LogP) is 6.13. The van der Waals surface area contributed by atoms with E-state index < -0.39 is 6.10 Å². The zero-order valence-corrected chi connectivity index (χ0v) is 22.7. The summed E-state index contributed by atoms with van der Waals surface area (Å²) in [5.41, 5.74) is 5.27. The predicted molar refractivity (Wildman–Crippen MR) is 147 cm³/mol. The second kappa shape index (κ2) is 12.2. The monoisotopic (exact) mass is 516 g/mol. The molecule has 0 bridgehead atoms. The summed E-state index contributed by atoms with van der Waals surface area (Å²) in [7, 11) is 0. The molecule has 6 heteroatoms. The zero-order chi connectivity index (χ0) is 27.2. The van der Waals surface area contributed by atoms with E-state index in [0.717, 1.165) is 23.1 Å². The van der Waals surface area contributed by atoms with Gasteiger partial charge in [-0.05, 0) is 72.2 Å². The van der Waals surface area contributed by atoms with Crippen LogP contribution in [0.5, 0.6) is 5.75 Å². The number of fused-ring (bicyclic) bond motifs is 1. The molecular weight excluding hydrogens is 479 g/mol. The third kappa shape index (κ3) is 6.60. The molecule has 2 amide bonds. The second-order valence-corrected chi connectivity index (χ2v) is 10.5. The summed E-state index contributed by atoms with van der Waals surface area (Å²) in [5.74, 6) is 0.488. The lowest BCUT2D eigenvalue weighted by molar-refractivity contribution is -0.134. The van der Waals surface area contributed by atoms with Crippen molar-refractivity contribution in [2.24, 2.45) is 5.92 Å². The number of hydrogen-bond acceptors (Lipinski definition) is 3. The molecule has 4 rings (SSSR count). The first-order valence-corrected chi connectivity index (χ1v) is 13.4. The van der Waals surface area contributed by atoms with Crippen LogP contribution in [0.1, 0.15) is 67.5 Å². The number of amides is 2. The number of benzene rings is 3. The van der Waals surface area contributed by atoms with Crippen LogP contribution in [0.25, 0.3) is 0 Å². The van der Waals surface area contributed by atoms with Gasteiger partial charge in [0.15, 0.2) is 6.10 Å². The Kier molecular flexibility index (Phi) is 8.82. The van der Waals surface area contributed by atoms with Crippen LogP contribution >= 0.6 is 0 Å². The SMILES string of the molecule is CC[C@@H](Oc1ccc2c(c1)[C@H](c1ccc(C)cc1)N(C(=O)CC(C)C)CC2)C(=O)NCc1ccc(F)cc1. The van der Waals surface area contributed by atoms with Crippen LogP contribution in [0.3, 0.4) is 0 Å². The van der Waals surface area contributed by atoms with Crippen LogP contribution in [-0.4, -0.2) is 29.4 Å². The Hall–Kier alpha value is -3.67. The number of nitrogens with one attached hydrogen (secondary N) is 1. The van der Waals surface area contributed by atoms with E-state index in [1.165, 1.54) is 23.3 Å². The summed E-state index contributed by atoms with van der Waals surface area (Å²) in [6, 6.07) is 20.1. The molecule has 1 N–H and O–H groups in total. The third-order valence-electron chi connectivity index (χ3n) is 6.96. The maximum Gasteiger partial charge on any atom is 0.261 e. The topological polar surface area (TPSA) is 58.6 Å². The van der Waals surface area contributed by atoms with Gasteiger partial charge in [0.2, 0.25) is 5.91 Å².